The van der Waals surface area contributed by atoms with Crippen LogP contribution in [-0.2, 0) is 0 Å². The molecule has 4 aliphatic rings. The summed E-state index contributed by atoms with van der Waals surface area (Å²) in [5, 5.41) is 10.2. The lowest BCUT2D eigenvalue weighted by Crippen LogP contribution is -2.52. The summed E-state index contributed by atoms with van der Waals surface area (Å²) in [5.74, 6) is 2.87. The Hall–Kier alpha value is -1.41. The molecule has 0 unspecified atom stereocenters. The van der Waals surface area contributed by atoms with Crippen molar-refractivity contribution in [3.63, 3.8) is 0 Å². The summed E-state index contributed by atoms with van der Waals surface area (Å²) in [4.78, 5) is 4.70. The Morgan fingerprint density at radius 1 is 1.07 bits per heavy atom. The molecule has 0 saturated heterocycles. The zero-order valence-corrected chi connectivity index (χ0v) is 17.0. The van der Waals surface area contributed by atoms with E-state index in [1.165, 1.54) is 30.5 Å². The molecular weight excluding hydrogens is 330 g/mol. The molecule has 0 amide bonds. The van der Waals surface area contributed by atoms with E-state index in [4.69, 9.17) is 4.98 Å². The summed E-state index contributed by atoms with van der Waals surface area (Å²) in [5.41, 5.74) is 4.82. The number of hydrogen-bond donors (Lipinski definition) is 1. The van der Waals surface area contributed by atoms with Crippen LogP contribution >= 0.6 is 0 Å². The third-order valence-electron chi connectivity index (χ3n) is 8.93. The highest BCUT2D eigenvalue weighted by atomic mass is 16.3. The fraction of sp³-hybridized carbons (Fsp3) is 0.640. The zero-order chi connectivity index (χ0) is 18.8. The van der Waals surface area contributed by atoms with Crippen molar-refractivity contribution in [3.05, 3.63) is 47.8 Å². The van der Waals surface area contributed by atoms with Gasteiger partial charge in [0.15, 0.2) is 0 Å². The van der Waals surface area contributed by atoms with Gasteiger partial charge in [0.2, 0.25) is 0 Å². The van der Waals surface area contributed by atoms with Crippen LogP contribution < -0.4 is 0 Å². The van der Waals surface area contributed by atoms with Crippen LogP contribution in [0.4, 0.5) is 0 Å². The Labute approximate surface area is 163 Å². The normalized spacial score (nSPS) is 46.0. The smallest absolute Gasteiger partial charge is 0.0664 e. The standard InChI is InChI=1S/C25H33NO/c1-16-14-17-15-18(27)9-11-24(17,2)21-10-12-25(3)19(7-8-20(25)23(16)21)22-6-4-5-13-26-22/h4-7,13-14,16,18,20-21,23,27H,8-12,15H2,1-3H3/t16-,18-,20-,21-,23-,24-,25+/m0/s1. The van der Waals surface area contributed by atoms with Gasteiger partial charge in [-0.15, -0.1) is 0 Å². The van der Waals surface area contributed by atoms with Gasteiger partial charge in [-0.1, -0.05) is 44.6 Å². The Morgan fingerprint density at radius 3 is 2.67 bits per heavy atom. The lowest BCUT2D eigenvalue weighted by Gasteiger charge is -2.59. The van der Waals surface area contributed by atoms with Gasteiger partial charge < -0.3 is 5.11 Å². The number of allylic oxidation sites excluding steroid dienone is 3. The monoisotopic (exact) mass is 363 g/mol. The van der Waals surface area contributed by atoms with Gasteiger partial charge in [0.25, 0.3) is 0 Å². The number of hydrogen-bond acceptors (Lipinski definition) is 2. The van der Waals surface area contributed by atoms with Crippen LogP contribution in [0.15, 0.2) is 42.1 Å². The van der Waals surface area contributed by atoms with Gasteiger partial charge >= 0.3 is 0 Å². The van der Waals surface area contributed by atoms with Crippen LogP contribution in [0.2, 0.25) is 0 Å². The van der Waals surface area contributed by atoms with Crippen molar-refractivity contribution in [2.75, 3.05) is 0 Å². The maximum absolute atomic E-state index is 10.2. The number of aliphatic hydroxyl groups excluding tert-OH is 1. The summed E-state index contributed by atoms with van der Waals surface area (Å²) in [6.45, 7) is 7.47. The predicted octanol–water partition coefficient (Wildman–Crippen LogP) is 5.64. The van der Waals surface area contributed by atoms with Gasteiger partial charge in [0, 0.05) is 6.20 Å². The van der Waals surface area contributed by atoms with E-state index in [-0.39, 0.29) is 11.5 Å². The average molecular weight is 364 g/mol. The number of rotatable bonds is 1. The molecule has 0 aliphatic heterocycles. The number of fused-ring (bicyclic) bond motifs is 5. The highest BCUT2D eigenvalue weighted by molar-refractivity contribution is 5.70. The summed E-state index contributed by atoms with van der Waals surface area (Å²) < 4.78 is 0. The molecular formula is C25H33NO. The second-order valence-corrected chi connectivity index (χ2v) is 10.2. The molecule has 27 heavy (non-hydrogen) atoms. The van der Waals surface area contributed by atoms with Crippen molar-refractivity contribution in [2.24, 2.45) is 34.5 Å². The lowest BCUT2D eigenvalue weighted by atomic mass is 9.45. The quantitative estimate of drug-likeness (QED) is 0.655. The summed E-state index contributed by atoms with van der Waals surface area (Å²) in [7, 11) is 0. The van der Waals surface area contributed by atoms with E-state index in [2.05, 4.69) is 45.1 Å². The minimum atomic E-state index is -0.120. The molecule has 2 fully saturated rings. The first-order valence-electron chi connectivity index (χ1n) is 10.9. The molecule has 1 heterocycles. The van der Waals surface area contributed by atoms with Gasteiger partial charge in [-0.2, -0.15) is 0 Å². The Morgan fingerprint density at radius 2 is 1.89 bits per heavy atom. The van der Waals surface area contributed by atoms with Crippen molar-refractivity contribution in [1.82, 2.24) is 4.98 Å². The molecule has 2 saturated carbocycles. The number of aliphatic hydroxyl groups is 1. The van der Waals surface area contributed by atoms with Gasteiger partial charge in [0.05, 0.1) is 11.8 Å². The first-order chi connectivity index (χ1) is 12.9. The molecule has 0 radical (unpaired) electrons. The Bertz CT molecular complexity index is 796. The molecule has 1 aromatic heterocycles. The minimum Gasteiger partial charge on any atom is -0.393 e. The van der Waals surface area contributed by atoms with E-state index in [0.717, 1.165) is 37.0 Å². The van der Waals surface area contributed by atoms with Gasteiger partial charge in [-0.05, 0) is 90.7 Å². The van der Waals surface area contributed by atoms with Gasteiger partial charge in [-0.3, -0.25) is 4.98 Å². The topological polar surface area (TPSA) is 33.1 Å². The summed E-state index contributed by atoms with van der Waals surface area (Å²) in [6, 6.07) is 6.33. The fourth-order valence-corrected chi connectivity index (χ4v) is 7.49. The van der Waals surface area contributed by atoms with Gasteiger partial charge in [0.1, 0.15) is 0 Å². The first kappa shape index (κ1) is 17.7. The van der Waals surface area contributed by atoms with E-state index in [1.807, 2.05) is 12.3 Å². The highest BCUT2D eigenvalue weighted by Gasteiger charge is 2.58. The maximum atomic E-state index is 10.2. The van der Waals surface area contributed by atoms with E-state index in [1.54, 1.807) is 5.57 Å². The molecule has 1 aromatic rings. The van der Waals surface area contributed by atoms with Crippen molar-refractivity contribution in [2.45, 2.75) is 65.4 Å². The minimum absolute atomic E-state index is 0.120. The van der Waals surface area contributed by atoms with Crippen LogP contribution in [0, 0.1) is 34.5 Å². The molecule has 0 bridgehead atoms. The third kappa shape index (κ3) is 2.45. The zero-order valence-electron chi connectivity index (χ0n) is 17.0. The van der Waals surface area contributed by atoms with E-state index < -0.39 is 0 Å². The lowest BCUT2D eigenvalue weighted by molar-refractivity contribution is -0.0426. The van der Waals surface area contributed by atoms with Crippen LogP contribution in [-0.4, -0.2) is 16.2 Å². The molecule has 2 heteroatoms. The van der Waals surface area contributed by atoms with Crippen molar-refractivity contribution in [1.29, 1.82) is 0 Å². The molecule has 7 atom stereocenters. The predicted molar refractivity (Wildman–Crippen MR) is 110 cm³/mol. The van der Waals surface area contributed by atoms with Gasteiger partial charge in [-0.25, -0.2) is 0 Å². The Kier molecular flexibility index (Phi) is 3.95. The number of pyridine rings is 1. The number of aromatic nitrogens is 1. The SMILES string of the molecule is C[C@H]1C=C2C[C@@H](O)CC[C@]2(C)[C@H]2CC[C@]3(C)C(c4ccccn4)=CC[C@H]3[C@H]12. The second-order valence-electron chi connectivity index (χ2n) is 10.2. The fourth-order valence-electron chi connectivity index (χ4n) is 7.49. The highest BCUT2D eigenvalue weighted by Crippen LogP contribution is 2.67. The van der Waals surface area contributed by atoms with E-state index >= 15 is 0 Å². The van der Waals surface area contributed by atoms with Crippen LogP contribution in [0.3, 0.4) is 0 Å². The average Bonchev–Trinajstić information content (AvgIpc) is 3.01. The molecule has 0 spiro atoms. The number of nitrogens with zero attached hydrogens (tertiary/aromatic N) is 1. The van der Waals surface area contributed by atoms with Crippen LogP contribution in [0.1, 0.15) is 65.0 Å². The first-order valence-corrected chi connectivity index (χ1v) is 10.9. The van der Waals surface area contributed by atoms with E-state index in [0.29, 0.717) is 11.3 Å². The summed E-state index contributed by atoms with van der Waals surface area (Å²) in [6.07, 6.45) is 13.7. The molecule has 0 aromatic carbocycles. The summed E-state index contributed by atoms with van der Waals surface area (Å²) >= 11 is 0. The molecule has 5 rings (SSSR count). The van der Waals surface area contributed by atoms with Crippen molar-refractivity contribution in [3.8, 4) is 0 Å². The maximum Gasteiger partial charge on any atom is 0.0664 e. The molecule has 1 N–H and O–H groups in total. The molecule has 2 nitrogen and oxygen atoms in total. The second kappa shape index (κ2) is 6.04. The van der Waals surface area contributed by atoms with Crippen LogP contribution in [0.5, 0.6) is 0 Å². The van der Waals surface area contributed by atoms with Crippen molar-refractivity contribution < 1.29 is 5.11 Å². The molecule has 4 aliphatic carbocycles. The third-order valence-corrected chi connectivity index (χ3v) is 8.93. The van der Waals surface area contributed by atoms with E-state index in [9.17, 15) is 5.11 Å². The van der Waals surface area contributed by atoms with Crippen LogP contribution in [0.25, 0.3) is 5.57 Å². The Balaban J connectivity index is 1.52. The molecule has 144 valence electrons. The largest absolute Gasteiger partial charge is 0.393 e. The van der Waals surface area contributed by atoms with Crippen molar-refractivity contribution >= 4 is 5.57 Å².